The van der Waals surface area contributed by atoms with E-state index in [1.165, 1.54) is 18.2 Å². The molecule has 0 aliphatic carbocycles. The van der Waals surface area contributed by atoms with Gasteiger partial charge in [0.25, 0.3) is 0 Å². The van der Waals surface area contributed by atoms with E-state index in [1.54, 1.807) is 13.8 Å². The quantitative estimate of drug-likeness (QED) is 0.892. The lowest BCUT2D eigenvalue weighted by Crippen LogP contribution is -2.43. The number of carbonyl (C=O) groups is 2. The summed E-state index contributed by atoms with van der Waals surface area (Å²) in [5.41, 5.74) is 0.616. The Morgan fingerprint density at radius 1 is 1.50 bits per heavy atom. The first-order chi connectivity index (χ1) is 9.35. The number of carboxylic acids is 1. The van der Waals surface area contributed by atoms with Crippen LogP contribution >= 0.6 is 11.6 Å². The lowest BCUT2D eigenvalue weighted by atomic mass is 10.2. The van der Waals surface area contributed by atoms with E-state index >= 15 is 0 Å². The van der Waals surface area contributed by atoms with E-state index in [4.69, 9.17) is 22.0 Å². The van der Waals surface area contributed by atoms with E-state index in [2.05, 4.69) is 5.32 Å². The monoisotopic (exact) mass is 295 g/mol. The summed E-state index contributed by atoms with van der Waals surface area (Å²) in [5.74, 6) is -1.11. The zero-order chi connectivity index (χ0) is 15.3. The van der Waals surface area contributed by atoms with Crippen LogP contribution in [-0.2, 0) is 4.79 Å². The molecular weight excluding hydrogens is 282 g/mol. The number of urea groups is 1. The molecule has 2 N–H and O–H groups in total. The summed E-state index contributed by atoms with van der Waals surface area (Å²) in [5, 5.41) is 20.4. The average Bonchev–Trinajstić information content (AvgIpc) is 2.37. The van der Waals surface area contributed by atoms with Crippen molar-refractivity contribution in [1.82, 2.24) is 4.90 Å². The molecule has 0 aliphatic rings. The molecule has 0 spiro atoms. The van der Waals surface area contributed by atoms with Crippen LogP contribution < -0.4 is 5.32 Å². The maximum absolute atomic E-state index is 12.1. The first-order valence-corrected chi connectivity index (χ1v) is 6.22. The van der Waals surface area contributed by atoms with E-state index in [-0.39, 0.29) is 16.8 Å². The number of nitriles is 1. The van der Waals surface area contributed by atoms with Crippen LogP contribution in [0.3, 0.4) is 0 Å². The molecule has 1 aromatic rings. The maximum atomic E-state index is 12.1. The molecule has 0 radical (unpaired) electrons. The second kappa shape index (κ2) is 6.78. The number of nitrogens with zero attached hydrogens (tertiary/aromatic N) is 2. The van der Waals surface area contributed by atoms with Gasteiger partial charge in [-0.3, -0.25) is 4.79 Å². The number of amides is 2. The Morgan fingerprint density at radius 3 is 2.65 bits per heavy atom. The first kappa shape index (κ1) is 15.8. The summed E-state index contributed by atoms with van der Waals surface area (Å²) < 4.78 is 0. The van der Waals surface area contributed by atoms with Gasteiger partial charge in [-0.15, -0.1) is 0 Å². The molecule has 0 heterocycles. The number of hydrogen-bond acceptors (Lipinski definition) is 3. The molecule has 6 nitrogen and oxygen atoms in total. The summed E-state index contributed by atoms with van der Waals surface area (Å²) in [6.45, 7) is 2.99. The summed E-state index contributed by atoms with van der Waals surface area (Å²) in [6.07, 6.45) is 0. The standard InChI is InChI=1S/C13H14ClN3O3/c1-8(2)17(7-12(18)19)13(20)16-11-5-9(6-15)3-4-10(11)14/h3-5,8H,7H2,1-2H3,(H,16,20)(H,18,19). The number of aliphatic carboxylic acids is 1. The lowest BCUT2D eigenvalue weighted by molar-refractivity contribution is -0.137. The number of nitrogens with one attached hydrogen (secondary N) is 1. The third kappa shape index (κ3) is 4.14. The van der Waals surface area contributed by atoms with Gasteiger partial charge >= 0.3 is 12.0 Å². The van der Waals surface area contributed by atoms with Gasteiger partial charge in [0.1, 0.15) is 6.54 Å². The second-order valence-corrected chi connectivity index (χ2v) is 4.76. The molecule has 0 saturated heterocycles. The molecule has 0 aromatic heterocycles. The van der Waals surface area contributed by atoms with E-state index in [0.717, 1.165) is 4.90 Å². The molecule has 1 rings (SSSR count). The normalized spacial score (nSPS) is 9.95. The molecule has 7 heteroatoms. The van der Waals surface area contributed by atoms with Crippen molar-refractivity contribution in [1.29, 1.82) is 5.26 Å². The second-order valence-electron chi connectivity index (χ2n) is 4.35. The summed E-state index contributed by atoms with van der Waals surface area (Å²) in [7, 11) is 0. The minimum Gasteiger partial charge on any atom is -0.480 e. The molecule has 0 fully saturated rings. The fourth-order valence-electron chi connectivity index (χ4n) is 1.51. The van der Waals surface area contributed by atoms with Crippen LogP contribution in [0.2, 0.25) is 5.02 Å². The Kier molecular flexibility index (Phi) is 5.35. The molecule has 0 bridgehead atoms. The summed E-state index contributed by atoms with van der Waals surface area (Å²) in [4.78, 5) is 23.9. The number of benzene rings is 1. The van der Waals surface area contributed by atoms with Crippen LogP contribution in [0, 0.1) is 11.3 Å². The first-order valence-electron chi connectivity index (χ1n) is 5.84. The zero-order valence-corrected chi connectivity index (χ0v) is 11.8. The zero-order valence-electron chi connectivity index (χ0n) is 11.1. The minimum absolute atomic E-state index is 0.270. The molecule has 0 aliphatic heterocycles. The van der Waals surface area contributed by atoms with Crippen molar-refractivity contribution in [3.8, 4) is 6.07 Å². The molecular formula is C13H14ClN3O3. The van der Waals surface area contributed by atoms with Crippen LogP contribution in [-0.4, -0.2) is 34.6 Å². The number of hydrogen-bond donors (Lipinski definition) is 2. The van der Waals surface area contributed by atoms with Crippen molar-refractivity contribution in [2.24, 2.45) is 0 Å². The van der Waals surface area contributed by atoms with E-state index in [1.807, 2.05) is 6.07 Å². The molecule has 0 unspecified atom stereocenters. The largest absolute Gasteiger partial charge is 0.480 e. The highest BCUT2D eigenvalue weighted by molar-refractivity contribution is 6.33. The predicted molar refractivity (Wildman–Crippen MR) is 74.7 cm³/mol. The van der Waals surface area contributed by atoms with Gasteiger partial charge in [0, 0.05) is 6.04 Å². The topological polar surface area (TPSA) is 93.4 Å². The number of carboxylic acid groups (broad SMARTS) is 1. The summed E-state index contributed by atoms with van der Waals surface area (Å²) >= 11 is 5.93. The highest BCUT2D eigenvalue weighted by Crippen LogP contribution is 2.23. The van der Waals surface area contributed by atoms with Crippen LogP contribution in [0.15, 0.2) is 18.2 Å². The number of anilines is 1. The van der Waals surface area contributed by atoms with Crippen LogP contribution in [0.25, 0.3) is 0 Å². The molecule has 0 atom stereocenters. The van der Waals surface area contributed by atoms with Crippen molar-refractivity contribution in [3.05, 3.63) is 28.8 Å². The Bertz CT molecular complexity index is 566. The summed E-state index contributed by atoms with van der Waals surface area (Å²) in [6, 6.07) is 5.51. The van der Waals surface area contributed by atoms with Crippen molar-refractivity contribution < 1.29 is 14.7 Å². The van der Waals surface area contributed by atoms with Crippen molar-refractivity contribution in [3.63, 3.8) is 0 Å². The van der Waals surface area contributed by atoms with Crippen molar-refractivity contribution in [2.45, 2.75) is 19.9 Å². The van der Waals surface area contributed by atoms with Crippen molar-refractivity contribution in [2.75, 3.05) is 11.9 Å². The number of carbonyl (C=O) groups excluding carboxylic acids is 1. The smallest absolute Gasteiger partial charge is 0.323 e. The number of halogens is 1. The van der Waals surface area contributed by atoms with Crippen LogP contribution in [0.5, 0.6) is 0 Å². The lowest BCUT2D eigenvalue weighted by Gasteiger charge is -2.25. The third-order valence-corrected chi connectivity index (χ3v) is 2.86. The van der Waals surface area contributed by atoms with Gasteiger partial charge in [0.15, 0.2) is 0 Å². The molecule has 0 saturated carbocycles. The average molecular weight is 296 g/mol. The predicted octanol–water partition coefficient (Wildman–Crippen LogP) is 2.54. The van der Waals surface area contributed by atoms with Gasteiger partial charge in [-0.25, -0.2) is 4.79 Å². The van der Waals surface area contributed by atoms with Gasteiger partial charge in [-0.05, 0) is 32.0 Å². The van der Waals surface area contributed by atoms with E-state index in [9.17, 15) is 9.59 Å². The van der Waals surface area contributed by atoms with Gasteiger partial charge in [0.2, 0.25) is 0 Å². The maximum Gasteiger partial charge on any atom is 0.323 e. The van der Waals surface area contributed by atoms with Gasteiger partial charge in [-0.2, -0.15) is 5.26 Å². The molecule has 20 heavy (non-hydrogen) atoms. The molecule has 1 aromatic carbocycles. The Labute approximate surface area is 121 Å². The van der Waals surface area contributed by atoms with Gasteiger partial charge in [-0.1, -0.05) is 11.6 Å². The van der Waals surface area contributed by atoms with Crippen LogP contribution in [0.1, 0.15) is 19.4 Å². The third-order valence-electron chi connectivity index (χ3n) is 2.53. The molecule has 2 amide bonds. The van der Waals surface area contributed by atoms with E-state index < -0.39 is 18.5 Å². The van der Waals surface area contributed by atoms with E-state index in [0.29, 0.717) is 5.56 Å². The van der Waals surface area contributed by atoms with Crippen molar-refractivity contribution >= 4 is 29.3 Å². The highest BCUT2D eigenvalue weighted by atomic mass is 35.5. The Balaban J connectivity index is 2.93. The molecule has 106 valence electrons. The Morgan fingerprint density at radius 2 is 2.15 bits per heavy atom. The van der Waals surface area contributed by atoms with Crippen LogP contribution in [0.4, 0.5) is 10.5 Å². The minimum atomic E-state index is -1.11. The highest BCUT2D eigenvalue weighted by Gasteiger charge is 2.20. The van der Waals surface area contributed by atoms with Gasteiger partial charge < -0.3 is 15.3 Å². The van der Waals surface area contributed by atoms with Gasteiger partial charge in [0.05, 0.1) is 22.3 Å². The Hall–Kier alpha value is -2.26. The number of rotatable bonds is 4. The fraction of sp³-hybridized carbons (Fsp3) is 0.308. The SMILES string of the molecule is CC(C)N(CC(=O)O)C(=O)Nc1cc(C#N)ccc1Cl. The fourth-order valence-corrected chi connectivity index (χ4v) is 1.68.